The SMILES string of the molecule is Cc1ncsc1-c1ccc(C(C)NC(=O)[C@@H]2C[C@@H](O)CN2C(=O)C(NC(=O)CCCc2cccc(OCC(CCC(N)=O)NC(=O)OC(C)(C)C)c2F)C(C)(C)C)cc1. The van der Waals surface area contributed by atoms with Crippen LogP contribution >= 0.6 is 11.3 Å². The van der Waals surface area contributed by atoms with Crippen molar-refractivity contribution in [3.63, 3.8) is 0 Å². The Morgan fingerprint density at radius 3 is 2.32 bits per heavy atom. The minimum atomic E-state index is -1.01. The molecule has 1 fully saturated rings. The van der Waals surface area contributed by atoms with Crippen molar-refractivity contribution < 1.29 is 42.9 Å². The molecule has 0 bridgehead atoms. The molecule has 6 N–H and O–H groups in total. The molecular formula is C43H59FN6O8S. The third kappa shape index (κ3) is 13.7. The Morgan fingerprint density at radius 1 is 1.02 bits per heavy atom. The van der Waals surface area contributed by atoms with Crippen LogP contribution in [0.15, 0.2) is 48.0 Å². The third-order valence-corrected chi connectivity index (χ3v) is 10.8. The number of aliphatic hydroxyl groups is 1. The van der Waals surface area contributed by atoms with Crippen molar-refractivity contribution in [2.45, 2.75) is 130 Å². The highest BCUT2D eigenvalue weighted by Gasteiger charge is 2.44. The van der Waals surface area contributed by atoms with Gasteiger partial charge in [-0.1, -0.05) is 57.2 Å². The number of rotatable bonds is 17. The second-order valence-corrected chi connectivity index (χ2v) is 18.0. The van der Waals surface area contributed by atoms with Gasteiger partial charge in [-0.15, -0.1) is 11.3 Å². The van der Waals surface area contributed by atoms with Gasteiger partial charge < -0.3 is 41.2 Å². The van der Waals surface area contributed by atoms with Crippen LogP contribution in [0, 0.1) is 18.2 Å². The number of nitrogens with one attached hydrogen (secondary N) is 3. The molecule has 0 radical (unpaired) electrons. The van der Waals surface area contributed by atoms with Crippen molar-refractivity contribution in [1.82, 2.24) is 25.8 Å². The number of nitrogens with two attached hydrogens (primary N) is 1. The summed E-state index contributed by atoms with van der Waals surface area (Å²) < 4.78 is 26.6. The molecule has 59 heavy (non-hydrogen) atoms. The van der Waals surface area contributed by atoms with E-state index in [9.17, 15) is 29.1 Å². The maximum atomic E-state index is 15.6. The number of aliphatic hydroxyl groups excluding tert-OH is 1. The van der Waals surface area contributed by atoms with Gasteiger partial charge in [0.05, 0.1) is 34.3 Å². The molecule has 0 aliphatic carbocycles. The van der Waals surface area contributed by atoms with Crippen LogP contribution < -0.4 is 26.4 Å². The average molecular weight is 839 g/mol. The summed E-state index contributed by atoms with van der Waals surface area (Å²) in [5.74, 6) is -2.58. The van der Waals surface area contributed by atoms with E-state index >= 15 is 4.39 Å². The summed E-state index contributed by atoms with van der Waals surface area (Å²) in [4.78, 5) is 71.6. The molecule has 322 valence electrons. The van der Waals surface area contributed by atoms with Crippen molar-refractivity contribution in [1.29, 1.82) is 0 Å². The van der Waals surface area contributed by atoms with Crippen LogP contribution in [0.25, 0.3) is 10.4 Å². The van der Waals surface area contributed by atoms with Gasteiger partial charge in [-0.2, -0.15) is 0 Å². The lowest BCUT2D eigenvalue weighted by atomic mass is 9.85. The summed E-state index contributed by atoms with van der Waals surface area (Å²) >= 11 is 1.56. The Kier molecular flexibility index (Phi) is 16.0. The number of hydrogen-bond donors (Lipinski definition) is 5. The van der Waals surface area contributed by atoms with E-state index in [1.54, 1.807) is 70.5 Å². The van der Waals surface area contributed by atoms with Gasteiger partial charge in [0.25, 0.3) is 0 Å². The van der Waals surface area contributed by atoms with E-state index in [0.717, 1.165) is 21.7 Å². The molecule has 2 aromatic carbocycles. The van der Waals surface area contributed by atoms with E-state index in [-0.39, 0.29) is 63.5 Å². The number of alkyl carbamates (subject to hydrolysis) is 1. The number of β-amino-alcohol motifs (C(OH)–C–C–N with tert-alkyl or cyclic N) is 1. The number of halogens is 1. The molecule has 0 spiro atoms. The van der Waals surface area contributed by atoms with Gasteiger partial charge in [-0.3, -0.25) is 19.2 Å². The first-order valence-corrected chi connectivity index (χ1v) is 20.8. The van der Waals surface area contributed by atoms with E-state index in [4.69, 9.17) is 15.2 Å². The maximum Gasteiger partial charge on any atom is 0.407 e. The first kappa shape index (κ1) is 46.6. The van der Waals surface area contributed by atoms with Crippen LogP contribution in [-0.4, -0.2) is 87.7 Å². The predicted octanol–water partition coefficient (Wildman–Crippen LogP) is 5.49. The van der Waals surface area contributed by atoms with Crippen LogP contribution in [0.2, 0.25) is 0 Å². The first-order valence-electron chi connectivity index (χ1n) is 19.9. The topological polar surface area (TPSA) is 202 Å². The first-order chi connectivity index (χ1) is 27.6. The van der Waals surface area contributed by atoms with Gasteiger partial charge in [-0.05, 0) is 82.1 Å². The van der Waals surface area contributed by atoms with E-state index < -0.39 is 70.8 Å². The number of carbonyl (C=O) groups is 5. The third-order valence-electron chi connectivity index (χ3n) is 9.85. The summed E-state index contributed by atoms with van der Waals surface area (Å²) in [7, 11) is 0. The van der Waals surface area contributed by atoms with Gasteiger partial charge >= 0.3 is 6.09 Å². The van der Waals surface area contributed by atoms with Crippen LogP contribution in [0.5, 0.6) is 5.75 Å². The standard InChI is InChI=1S/C43H59FN6O8S/c1-25(27-15-17-29(18-16-27)37-26(2)46-24-59-37)47-39(54)32-21-31(51)22-50(32)40(55)38(42(3,4)5)49-35(53)14-10-12-28-11-9-13-33(36(28)44)57-23-30(19-20-34(45)52)48-41(56)58-43(6,7)8/h9,11,13,15-18,24-25,30-32,38,51H,10,12,14,19-23H2,1-8H3,(H2,45,52)(H,47,54)(H,48,56)(H,49,53)/t25?,30?,31-,32+,38?/m1/s1. The maximum absolute atomic E-state index is 15.6. The van der Waals surface area contributed by atoms with E-state index in [1.165, 1.54) is 11.0 Å². The second kappa shape index (κ2) is 20.2. The Balaban J connectivity index is 1.34. The zero-order chi connectivity index (χ0) is 43.7. The molecule has 1 aliphatic rings. The Labute approximate surface area is 349 Å². The Bertz CT molecular complexity index is 1940. The number of amides is 5. The lowest BCUT2D eigenvalue weighted by molar-refractivity contribution is -0.144. The lowest BCUT2D eigenvalue weighted by Gasteiger charge is -2.35. The second-order valence-electron chi connectivity index (χ2n) is 17.1. The molecule has 5 amide bonds. The van der Waals surface area contributed by atoms with Gasteiger partial charge in [0.15, 0.2) is 11.6 Å². The number of hydrogen-bond acceptors (Lipinski definition) is 10. The molecule has 3 aromatic rings. The Hall–Kier alpha value is -5.09. The minimum absolute atomic E-state index is 0.0230. The smallest absolute Gasteiger partial charge is 0.407 e. The number of nitrogens with zero attached hydrogens (tertiary/aromatic N) is 2. The lowest BCUT2D eigenvalue weighted by Crippen LogP contribution is -2.57. The fourth-order valence-corrected chi connectivity index (χ4v) is 7.54. The number of likely N-dealkylation sites (tertiary alicyclic amines) is 1. The van der Waals surface area contributed by atoms with Crippen molar-refractivity contribution in [3.8, 4) is 16.2 Å². The molecule has 5 atom stereocenters. The molecule has 4 rings (SSSR count). The Morgan fingerprint density at radius 2 is 1.71 bits per heavy atom. The minimum Gasteiger partial charge on any atom is -0.488 e. The van der Waals surface area contributed by atoms with Gasteiger partial charge in [0.2, 0.25) is 23.6 Å². The molecular weight excluding hydrogens is 780 g/mol. The van der Waals surface area contributed by atoms with E-state index in [0.29, 0.717) is 5.56 Å². The van der Waals surface area contributed by atoms with Crippen LogP contribution in [0.1, 0.15) is 103 Å². The zero-order valence-corrected chi connectivity index (χ0v) is 36.0. The summed E-state index contributed by atoms with van der Waals surface area (Å²) in [6.45, 7) is 14.1. The van der Waals surface area contributed by atoms with Gasteiger partial charge in [0.1, 0.15) is 24.3 Å². The van der Waals surface area contributed by atoms with E-state index in [2.05, 4.69) is 20.9 Å². The summed E-state index contributed by atoms with van der Waals surface area (Å²) in [6, 6.07) is 9.45. The monoisotopic (exact) mass is 838 g/mol. The van der Waals surface area contributed by atoms with Gasteiger partial charge in [0, 0.05) is 25.8 Å². The van der Waals surface area contributed by atoms with Crippen LogP contribution in [-0.2, 0) is 30.3 Å². The zero-order valence-electron chi connectivity index (χ0n) is 35.2. The van der Waals surface area contributed by atoms with Crippen molar-refractivity contribution in [2.75, 3.05) is 13.2 Å². The molecule has 1 aliphatic heterocycles. The molecule has 1 aromatic heterocycles. The number of aromatic nitrogens is 1. The van der Waals surface area contributed by atoms with E-state index in [1.807, 2.05) is 38.1 Å². The van der Waals surface area contributed by atoms with Gasteiger partial charge in [-0.25, -0.2) is 14.2 Å². The predicted molar refractivity (Wildman–Crippen MR) is 223 cm³/mol. The number of benzene rings is 2. The molecule has 16 heteroatoms. The summed E-state index contributed by atoms with van der Waals surface area (Å²) in [5, 5.41) is 19.1. The quantitative estimate of drug-likeness (QED) is 0.117. The number of aryl methyl sites for hydroxylation is 2. The van der Waals surface area contributed by atoms with Crippen molar-refractivity contribution >= 4 is 41.1 Å². The van der Waals surface area contributed by atoms with Crippen LogP contribution in [0.4, 0.5) is 9.18 Å². The normalized spacial score (nSPS) is 17.1. The molecule has 14 nitrogen and oxygen atoms in total. The number of carbonyl (C=O) groups excluding carboxylic acids is 5. The molecule has 1 saturated heterocycles. The number of ether oxygens (including phenoxy) is 2. The highest BCUT2D eigenvalue weighted by molar-refractivity contribution is 7.13. The number of primary amides is 1. The highest BCUT2D eigenvalue weighted by atomic mass is 32.1. The molecule has 3 unspecified atom stereocenters. The molecule has 2 heterocycles. The molecule has 0 saturated carbocycles. The number of thiazole rings is 1. The largest absolute Gasteiger partial charge is 0.488 e. The summed E-state index contributed by atoms with van der Waals surface area (Å²) in [6.07, 6.45) is -1.05. The van der Waals surface area contributed by atoms with Crippen molar-refractivity contribution in [3.05, 3.63) is 70.6 Å². The van der Waals surface area contributed by atoms with Crippen LogP contribution in [0.3, 0.4) is 0 Å². The average Bonchev–Trinajstić information content (AvgIpc) is 3.76. The summed E-state index contributed by atoms with van der Waals surface area (Å²) in [5.41, 5.74) is 8.73. The highest BCUT2D eigenvalue weighted by Crippen LogP contribution is 2.30. The fraction of sp³-hybridized carbons (Fsp3) is 0.535. The fourth-order valence-electron chi connectivity index (χ4n) is 6.73. The van der Waals surface area contributed by atoms with Crippen molar-refractivity contribution in [2.24, 2.45) is 11.1 Å².